The number of carbonyl (C=O) groups is 1. The van der Waals surface area contributed by atoms with E-state index in [0.29, 0.717) is 18.1 Å². The molecule has 1 saturated heterocycles. The van der Waals surface area contributed by atoms with E-state index in [1.54, 1.807) is 15.9 Å². The molecule has 1 aliphatic rings. The summed E-state index contributed by atoms with van der Waals surface area (Å²) in [7, 11) is 0. The van der Waals surface area contributed by atoms with Gasteiger partial charge in [-0.05, 0) is 38.8 Å². The van der Waals surface area contributed by atoms with Gasteiger partial charge >= 0.3 is 0 Å². The molecular formula is C21H22N6OS. The maximum Gasteiger partial charge on any atom is 0.252 e. The molecule has 4 aromatic rings. The van der Waals surface area contributed by atoms with E-state index in [4.69, 9.17) is 4.98 Å². The van der Waals surface area contributed by atoms with Crippen molar-refractivity contribution in [1.82, 2.24) is 29.5 Å². The van der Waals surface area contributed by atoms with E-state index < -0.39 is 0 Å². The van der Waals surface area contributed by atoms with Gasteiger partial charge in [-0.2, -0.15) is 10.1 Å². The summed E-state index contributed by atoms with van der Waals surface area (Å²) in [6.45, 7) is 5.44. The molecule has 8 heteroatoms. The first-order valence-corrected chi connectivity index (χ1v) is 10.7. The Balaban J connectivity index is 1.36. The lowest BCUT2D eigenvalue weighted by atomic mass is 9.97. The fourth-order valence-corrected chi connectivity index (χ4v) is 5.24. The van der Waals surface area contributed by atoms with Gasteiger partial charge in [0.15, 0.2) is 0 Å². The molecule has 1 aliphatic heterocycles. The van der Waals surface area contributed by atoms with Crippen LogP contribution in [0.1, 0.15) is 40.7 Å². The SMILES string of the molecule is Cc1nc2ncnn2c(C)c1CC(=O)N1CCC[C@@H](c2nc3ccccc3s2)C1. The van der Waals surface area contributed by atoms with Gasteiger partial charge in [-0.1, -0.05) is 12.1 Å². The maximum atomic E-state index is 13.1. The van der Waals surface area contributed by atoms with Crippen LogP contribution in [0.25, 0.3) is 16.0 Å². The van der Waals surface area contributed by atoms with E-state index in [1.807, 2.05) is 30.9 Å². The second-order valence-electron chi connectivity index (χ2n) is 7.61. The normalized spacial score (nSPS) is 17.3. The highest BCUT2D eigenvalue weighted by Crippen LogP contribution is 2.33. The smallest absolute Gasteiger partial charge is 0.252 e. The summed E-state index contributed by atoms with van der Waals surface area (Å²) >= 11 is 1.75. The summed E-state index contributed by atoms with van der Waals surface area (Å²) in [6.07, 6.45) is 3.92. The molecule has 0 N–H and O–H groups in total. The van der Waals surface area contributed by atoms with Gasteiger partial charge in [-0.3, -0.25) is 4.79 Å². The summed E-state index contributed by atoms with van der Waals surface area (Å²) in [5.74, 6) is 1.02. The molecule has 1 aromatic carbocycles. The van der Waals surface area contributed by atoms with Crippen molar-refractivity contribution in [3.05, 3.63) is 52.6 Å². The molecule has 1 atom stereocenters. The Morgan fingerprint density at radius 1 is 1.24 bits per heavy atom. The number of hydrogen-bond acceptors (Lipinski definition) is 6. The molecule has 0 bridgehead atoms. The van der Waals surface area contributed by atoms with E-state index >= 15 is 0 Å². The molecule has 0 aliphatic carbocycles. The summed E-state index contributed by atoms with van der Waals surface area (Å²) in [4.78, 5) is 28.6. The second kappa shape index (κ2) is 7.18. The van der Waals surface area contributed by atoms with Crippen molar-refractivity contribution < 1.29 is 4.79 Å². The highest BCUT2D eigenvalue weighted by Gasteiger charge is 2.28. The Hall–Kier alpha value is -2.87. The first kappa shape index (κ1) is 18.2. The second-order valence-corrected chi connectivity index (χ2v) is 8.67. The number of likely N-dealkylation sites (tertiary alicyclic amines) is 1. The largest absolute Gasteiger partial charge is 0.342 e. The maximum absolute atomic E-state index is 13.1. The summed E-state index contributed by atoms with van der Waals surface area (Å²) in [5, 5.41) is 5.36. The van der Waals surface area contributed by atoms with E-state index in [2.05, 4.69) is 27.2 Å². The molecule has 7 nitrogen and oxygen atoms in total. The average molecular weight is 407 g/mol. The number of nitrogens with zero attached hydrogens (tertiary/aromatic N) is 6. The minimum atomic E-state index is 0.142. The number of amides is 1. The van der Waals surface area contributed by atoms with Gasteiger partial charge in [0.25, 0.3) is 5.78 Å². The lowest BCUT2D eigenvalue weighted by Gasteiger charge is -2.32. The van der Waals surface area contributed by atoms with Crippen LogP contribution in [0.3, 0.4) is 0 Å². The van der Waals surface area contributed by atoms with Gasteiger partial charge < -0.3 is 4.90 Å². The quantitative estimate of drug-likeness (QED) is 0.522. The van der Waals surface area contributed by atoms with Crippen LogP contribution in [0.4, 0.5) is 0 Å². The van der Waals surface area contributed by atoms with Crippen LogP contribution in [-0.4, -0.2) is 48.5 Å². The number of carbonyl (C=O) groups excluding carboxylic acids is 1. The van der Waals surface area contributed by atoms with E-state index in [-0.39, 0.29) is 5.91 Å². The fraction of sp³-hybridized carbons (Fsp3) is 0.381. The zero-order chi connectivity index (χ0) is 20.0. The Labute approximate surface area is 172 Å². The fourth-order valence-electron chi connectivity index (χ4n) is 4.14. The molecule has 148 valence electrons. The first-order chi connectivity index (χ1) is 14.1. The summed E-state index contributed by atoms with van der Waals surface area (Å²) in [6, 6.07) is 8.24. The standard InChI is InChI=1S/C21H22N6OS/c1-13-16(14(2)27-21(24-13)22-12-23-27)10-19(28)26-9-5-6-15(11-26)20-25-17-7-3-4-8-18(17)29-20/h3-4,7-8,12,15H,5-6,9-11H2,1-2H3/t15-/m1/s1. The molecule has 0 spiro atoms. The van der Waals surface area contributed by atoms with Crippen molar-refractivity contribution in [2.24, 2.45) is 0 Å². The number of para-hydroxylation sites is 1. The van der Waals surface area contributed by atoms with Crippen LogP contribution in [0.2, 0.25) is 0 Å². The molecule has 4 heterocycles. The van der Waals surface area contributed by atoms with Crippen LogP contribution in [0.15, 0.2) is 30.6 Å². The van der Waals surface area contributed by atoms with Crippen LogP contribution >= 0.6 is 11.3 Å². The van der Waals surface area contributed by atoms with Crippen LogP contribution < -0.4 is 0 Å². The molecule has 0 unspecified atom stereocenters. The zero-order valence-electron chi connectivity index (χ0n) is 16.5. The number of aryl methyl sites for hydroxylation is 2. The van der Waals surface area contributed by atoms with E-state index in [1.165, 1.54) is 11.0 Å². The molecule has 1 amide bonds. The third kappa shape index (κ3) is 3.27. The van der Waals surface area contributed by atoms with Crippen molar-refractivity contribution in [1.29, 1.82) is 0 Å². The molecule has 5 rings (SSSR count). The highest BCUT2D eigenvalue weighted by molar-refractivity contribution is 7.18. The van der Waals surface area contributed by atoms with Gasteiger partial charge in [0.1, 0.15) is 6.33 Å². The number of benzene rings is 1. The van der Waals surface area contributed by atoms with Gasteiger partial charge in [-0.15, -0.1) is 11.3 Å². The predicted octanol–water partition coefficient (Wildman–Crippen LogP) is 3.30. The minimum absolute atomic E-state index is 0.142. The third-order valence-corrected chi connectivity index (χ3v) is 6.95. The number of thiazole rings is 1. The first-order valence-electron chi connectivity index (χ1n) is 9.89. The van der Waals surface area contributed by atoms with Crippen LogP contribution in [-0.2, 0) is 11.2 Å². The highest BCUT2D eigenvalue weighted by atomic mass is 32.1. The van der Waals surface area contributed by atoms with Crippen molar-refractivity contribution in [2.45, 2.75) is 39.0 Å². The Morgan fingerprint density at radius 2 is 2.10 bits per heavy atom. The number of aromatic nitrogens is 5. The van der Waals surface area contributed by atoms with Crippen LogP contribution in [0.5, 0.6) is 0 Å². The van der Waals surface area contributed by atoms with E-state index in [0.717, 1.165) is 53.4 Å². The van der Waals surface area contributed by atoms with Crippen LogP contribution in [0, 0.1) is 13.8 Å². The minimum Gasteiger partial charge on any atom is -0.342 e. The molecular weight excluding hydrogens is 384 g/mol. The summed E-state index contributed by atoms with van der Waals surface area (Å²) < 4.78 is 2.92. The Bertz CT molecular complexity index is 1180. The van der Waals surface area contributed by atoms with Crippen molar-refractivity contribution in [2.75, 3.05) is 13.1 Å². The average Bonchev–Trinajstić information content (AvgIpc) is 3.38. The van der Waals surface area contributed by atoms with E-state index in [9.17, 15) is 4.79 Å². The topological polar surface area (TPSA) is 76.3 Å². The zero-order valence-corrected chi connectivity index (χ0v) is 17.3. The van der Waals surface area contributed by atoms with Gasteiger partial charge in [0, 0.05) is 36.0 Å². The molecule has 3 aromatic heterocycles. The van der Waals surface area contributed by atoms with Gasteiger partial charge in [0.2, 0.25) is 5.91 Å². The number of fused-ring (bicyclic) bond motifs is 2. The van der Waals surface area contributed by atoms with Gasteiger partial charge in [-0.25, -0.2) is 14.5 Å². The Kier molecular flexibility index (Phi) is 4.50. The number of piperidine rings is 1. The van der Waals surface area contributed by atoms with Gasteiger partial charge in [0.05, 0.1) is 21.6 Å². The molecule has 0 radical (unpaired) electrons. The van der Waals surface area contributed by atoms with Crippen molar-refractivity contribution in [3.8, 4) is 0 Å². The number of rotatable bonds is 3. The molecule has 29 heavy (non-hydrogen) atoms. The third-order valence-electron chi connectivity index (χ3n) is 5.75. The lowest BCUT2D eigenvalue weighted by Crippen LogP contribution is -2.40. The predicted molar refractivity (Wildman–Crippen MR) is 112 cm³/mol. The molecule has 1 fully saturated rings. The summed E-state index contributed by atoms with van der Waals surface area (Å²) in [5.41, 5.74) is 3.76. The molecule has 0 saturated carbocycles. The van der Waals surface area contributed by atoms with Crippen molar-refractivity contribution in [3.63, 3.8) is 0 Å². The lowest BCUT2D eigenvalue weighted by molar-refractivity contribution is -0.131. The number of hydrogen-bond donors (Lipinski definition) is 0. The monoisotopic (exact) mass is 406 g/mol. The Morgan fingerprint density at radius 3 is 2.97 bits per heavy atom. The van der Waals surface area contributed by atoms with Crippen molar-refractivity contribution >= 4 is 33.2 Å².